The lowest BCUT2D eigenvalue weighted by molar-refractivity contribution is 0.669. The van der Waals surface area contributed by atoms with Gasteiger partial charge in [0, 0.05) is 49.8 Å². The van der Waals surface area contributed by atoms with Crippen molar-refractivity contribution < 1.29 is 4.42 Å². The van der Waals surface area contributed by atoms with E-state index >= 15 is 0 Å². The van der Waals surface area contributed by atoms with E-state index in [2.05, 4.69) is 84.9 Å². The van der Waals surface area contributed by atoms with E-state index in [0.717, 1.165) is 66.0 Å². The molecule has 10 aromatic rings. The number of furan rings is 1. The number of aromatic nitrogens is 4. The van der Waals surface area contributed by atoms with E-state index in [0.29, 0.717) is 17.5 Å². The molecule has 0 atom stereocenters. The molecule has 5 heteroatoms. The molecular weight excluding hydrogens is 601 g/mol. The summed E-state index contributed by atoms with van der Waals surface area (Å²) in [6.07, 6.45) is 1.99. The molecule has 7 aromatic carbocycles. The molecule has 0 spiro atoms. The standard InChI is InChI=1S/C44H26N4O/c1-2-11-28(12-3-1)42-46-43(48-44(47-42)35-17-10-20-39-41(35)34-16-7-9-19-38(34)49-39)29-23-21-27(22-24-29)36-25-30-26-45-37-18-8-6-15-33(37)40(30)32-14-5-4-13-31(32)36/h1-26H. The minimum Gasteiger partial charge on any atom is -0.456 e. The number of fused-ring (bicyclic) bond motifs is 8. The third-order valence-electron chi connectivity index (χ3n) is 9.36. The number of hydrogen-bond donors (Lipinski definition) is 0. The SMILES string of the molecule is c1ccc(-c2nc(-c3ccc(-c4cc5cnc6ccccc6c5c5ccccc45)cc3)nc(-c3cccc4oc5ccccc5c34)n2)cc1. The van der Waals surface area contributed by atoms with Crippen molar-refractivity contribution in [2.45, 2.75) is 0 Å². The summed E-state index contributed by atoms with van der Waals surface area (Å²) < 4.78 is 6.20. The summed E-state index contributed by atoms with van der Waals surface area (Å²) in [4.78, 5) is 19.9. The van der Waals surface area contributed by atoms with Crippen molar-refractivity contribution in [3.8, 4) is 45.3 Å². The van der Waals surface area contributed by atoms with Crippen molar-refractivity contribution >= 4 is 54.4 Å². The summed E-state index contributed by atoms with van der Waals surface area (Å²) in [5, 5.41) is 7.96. The van der Waals surface area contributed by atoms with Crippen LogP contribution in [0.25, 0.3) is 99.7 Å². The first-order valence-corrected chi connectivity index (χ1v) is 16.3. The molecule has 0 amide bonds. The van der Waals surface area contributed by atoms with Crippen LogP contribution >= 0.6 is 0 Å². The van der Waals surface area contributed by atoms with Crippen molar-refractivity contribution in [3.05, 3.63) is 158 Å². The van der Waals surface area contributed by atoms with Gasteiger partial charge in [0.2, 0.25) is 0 Å². The second kappa shape index (κ2) is 10.9. The molecule has 0 saturated carbocycles. The largest absolute Gasteiger partial charge is 0.456 e. The second-order valence-corrected chi connectivity index (χ2v) is 12.2. The molecule has 0 aliphatic rings. The van der Waals surface area contributed by atoms with E-state index in [9.17, 15) is 0 Å². The minimum atomic E-state index is 0.602. The topological polar surface area (TPSA) is 64.7 Å². The molecule has 0 aliphatic carbocycles. The predicted octanol–water partition coefficient (Wildman–Crippen LogP) is 11.3. The Bertz CT molecular complexity index is 2880. The summed E-state index contributed by atoms with van der Waals surface area (Å²) in [5.74, 6) is 1.83. The van der Waals surface area contributed by atoms with Crippen LogP contribution in [0.4, 0.5) is 0 Å². The number of rotatable bonds is 4. The third-order valence-corrected chi connectivity index (χ3v) is 9.36. The molecule has 10 rings (SSSR count). The quantitative estimate of drug-likeness (QED) is 0.182. The monoisotopic (exact) mass is 626 g/mol. The fraction of sp³-hybridized carbons (Fsp3) is 0. The summed E-state index contributed by atoms with van der Waals surface area (Å²) in [5.41, 5.74) is 7.66. The van der Waals surface area contributed by atoms with Gasteiger partial charge in [0.1, 0.15) is 11.2 Å². The van der Waals surface area contributed by atoms with E-state index in [-0.39, 0.29) is 0 Å². The molecule has 0 fully saturated rings. The molecule has 0 bridgehead atoms. The predicted molar refractivity (Wildman–Crippen MR) is 199 cm³/mol. The highest BCUT2D eigenvalue weighted by atomic mass is 16.3. The Morgan fingerprint density at radius 1 is 0.388 bits per heavy atom. The summed E-state index contributed by atoms with van der Waals surface area (Å²) >= 11 is 0. The Hall–Kier alpha value is -6.72. The zero-order valence-corrected chi connectivity index (χ0v) is 26.2. The Morgan fingerprint density at radius 2 is 1.00 bits per heavy atom. The molecule has 0 radical (unpaired) electrons. The Balaban J connectivity index is 1.14. The van der Waals surface area contributed by atoms with Crippen LogP contribution in [0.2, 0.25) is 0 Å². The van der Waals surface area contributed by atoms with Gasteiger partial charge in [-0.3, -0.25) is 4.98 Å². The fourth-order valence-corrected chi connectivity index (χ4v) is 7.08. The van der Waals surface area contributed by atoms with Gasteiger partial charge in [-0.1, -0.05) is 127 Å². The molecule has 0 saturated heterocycles. The summed E-state index contributed by atoms with van der Waals surface area (Å²) in [6.45, 7) is 0. The maximum atomic E-state index is 6.20. The van der Waals surface area contributed by atoms with E-state index < -0.39 is 0 Å². The van der Waals surface area contributed by atoms with Crippen LogP contribution in [0, 0.1) is 0 Å². The molecule has 0 aliphatic heterocycles. The first kappa shape index (κ1) is 27.4. The highest BCUT2D eigenvalue weighted by Gasteiger charge is 2.18. The van der Waals surface area contributed by atoms with Gasteiger partial charge in [0.15, 0.2) is 17.5 Å². The fourth-order valence-electron chi connectivity index (χ4n) is 7.08. The minimum absolute atomic E-state index is 0.602. The normalized spacial score (nSPS) is 11.7. The average Bonchev–Trinajstić information content (AvgIpc) is 3.57. The molecule has 0 N–H and O–H groups in total. The van der Waals surface area contributed by atoms with Crippen LogP contribution in [0.1, 0.15) is 0 Å². The third kappa shape index (κ3) is 4.48. The van der Waals surface area contributed by atoms with Crippen LogP contribution in [0.3, 0.4) is 0 Å². The lowest BCUT2D eigenvalue weighted by Crippen LogP contribution is -2.00. The highest BCUT2D eigenvalue weighted by molar-refractivity contribution is 6.22. The van der Waals surface area contributed by atoms with Gasteiger partial charge < -0.3 is 4.42 Å². The number of benzene rings is 7. The highest BCUT2D eigenvalue weighted by Crippen LogP contribution is 2.39. The molecule has 228 valence electrons. The van der Waals surface area contributed by atoms with Gasteiger partial charge >= 0.3 is 0 Å². The Kier molecular flexibility index (Phi) is 6.11. The van der Waals surface area contributed by atoms with Gasteiger partial charge in [0.25, 0.3) is 0 Å². The molecule has 3 aromatic heterocycles. The van der Waals surface area contributed by atoms with Crippen molar-refractivity contribution in [2.24, 2.45) is 0 Å². The number of para-hydroxylation sites is 2. The lowest BCUT2D eigenvalue weighted by atomic mass is 9.92. The number of hydrogen-bond acceptors (Lipinski definition) is 5. The van der Waals surface area contributed by atoms with Crippen molar-refractivity contribution in [1.29, 1.82) is 0 Å². The summed E-state index contributed by atoms with van der Waals surface area (Å²) in [6, 6.07) is 52.0. The second-order valence-electron chi connectivity index (χ2n) is 12.2. The van der Waals surface area contributed by atoms with Gasteiger partial charge in [-0.05, 0) is 46.2 Å². The Labute approximate surface area is 281 Å². The zero-order chi connectivity index (χ0) is 32.3. The first-order chi connectivity index (χ1) is 24.3. The molecule has 5 nitrogen and oxygen atoms in total. The van der Waals surface area contributed by atoms with Crippen LogP contribution in [-0.2, 0) is 0 Å². The molecule has 0 unspecified atom stereocenters. The van der Waals surface area contributed by atoms with Crippen LogP contribution in [0.15, 0.2) is 162 Å². The lowest BCUT2D eigenvalue weighted by Gasteiger charge is -2.13. The van der Waals surface area contributed by atoms with Crippen LogP contribution in [-0.4, -0.2) is 19.9 Å². The molecule has 3 heterocycles. The average molecular weight is 627 g/mol. The van der Waals surface area contributed by atoms with Gasteiger partial charge in [-0.15, -0.1) is 0 Å². The van der Waals surface area contributed by atoms with E-state index in [4.69, 9.17) is 24.4 Å². The van der Waals surface area contributed by atoms with Crippen molar-refractivity contribution in [2.75, 3.05) is 0 Å². The van der Waals surface area contributed by atoms with E-state index in [1.54, 1.807) is 0 Å². The Morgan fingerprint density at radius 3 is 1.82 bits per heavy atom. The first-order valence-electron chi connectivity index (χ1n) is 16.3. The summed E-state index contributed by atoms with van der Waals surface area (Å²) in [7, 11) is 0. The smallest absolute Gasteiger partial charge is 0.164 e. The van der Waals surface area contributed by atoms with Gasteiger partial charge in [0.05, 0.1) is 5.52 Å². The van der Waals surface area contributed by atoms with Crippen LogP contribution in [0.5, 0.6) is 0 Å². The van der Waals surface area contributed by atoms with Gasteiger partial charge in [-0.25, -0.2) is 15.0 Å². The maximum Gasteiger partial charge on any atom is 0.164 e. The van der Waals surface area contributed by atoms with Crippen molar-refractivity contribution in [3.63, 3.8) is 0 Å². The zero-order valence-electron chi connectivity index (χ0n) is 26.2. The van der Waals surface area contributed by atoms with Gasteiger partial charge in [-0.2, -0.15) is 0 Å². The van der Waals surface area contributed by atoms with Crippen molar-refractivity contribution in [1.82, 2.24) is 19.9 Å². The molecular formula is C44H26N4O. The van der Waals surface area contributed by atoms with E-state index in [1.807, 2.05) is 72.9 Å². The number of pyridine rings is 1. The molecule has 49 heavy (non-hydrogen) atoms. The maximum absolute atomic E-state index is 6.20. The number of nitrogens with zero attached hydrogens (tertiary/aromatic N) is 4. The van der Waals surface area contributed by atoms with Crippen LogP contribution < -0.4 is 0 Å². The van der Waals surface area contributed by atoms with E-state index in [1.165, 1.54) is 16.2 Å².